The Labute approximate surface area is 504 Å². The number of nitrogens with one attached hydrogen (secondary N) is 1. The van der Waals surface area contributed by atoms with Crippen LogP contribution in [0.3, 0.4) is 0 Å². The van der Waals surface area contributed by atoms with Crippen molar-refractivity contribution in [2.24, 2.45) is 0 Å². The molecule has 1 fully saturated rings. The van der Waals surface area contributed by atoms with Gasteiger partial charge in [0.1, 0.15) is 24.4 Å². The molecule has 7 atom stereocenters. The molecule has 9 heteroatoms. The van der Waals surface area contributed by atoms with Crippen molar-refractivity contribution in [2.75, 3.05) is 13.2 Å². The van der Waals surface area contributed by atoms with E-state index in [0.717, 1.165) is 103 Å². The highest BCUT2D eigenvalue weighted by Gasteiger charge is 2.44. The third-order valence-electron chi connectivity index (χ3n) is 16.0. The van der Waals surface area contributed by atoms with Crippen LogP contribution in [-0.2, 0) is 14.3 Å². The topological polar surface area (TPSA) is 149 Å². The highest BCUT2D eigenvalue weighted by Crippen LogP contribution is 2.23. The van der Waals surface area contributed by atoms with E-state index in [2.05, 4.69) is 116 Å². The molecule has 7 unspecified atom stereocenters. The summed E-state index contributed by atoms with van der Waals surface area (Å²) in [6.07, 6.45) is 81.8. The first-order valence-corrected chi connectivity index (χ1v) is 34.4. The summed E-state index contributed by atoms with van der Waals surface area (Å²) in [6.45, 7) is 3.74. The molecular formula is C73H129NO8. The molecule has 1 amide bonds. The van der Waals surface area contributed by atoms with E-state index in [-0.39, 0.29) is 12.5 Å². The molecule has 1 aliphatic heterocycles. The second-order valence-corrected chi connectivity index (χ2v) is 23.6. The number of hydrogen-bond donors (Lipinski definition) is 6. The van der Waals surface area contributed by atoms with Gasteiger partial charge in [0.25, 0.3) is 0 Å². The van der Waals surface area contributed by atoms with Crippen LogP contribution in [-0.4, -0.2) is 87.5 Å². The second-order valence-electron chi connectivity index (χ2n) is 23.6. The molecule has 1 aliphatic rings. The van der Waals surface area contributed by atoms with Crippen LogP contribution in [0.15, 0.2) is 97.2 Å². The first kappa shape index (κ1) is 77.1. The van der Waals surface area contributed by atoms with Gasteiger partial charge in [-0.1, -0.05) is 317 Å². The van der Waals surface area contributed by atoms with Crippen molar-refractivity contribution < 1.29 is 39.8 Å². The molecule has 1 heterocycles. The Morgan fingerprint density at radius 2 is 0.756 bits per heavy atom. The van der Waals surface area contributed by atoms with Crippen molar-refractivity contribution >= 4 is 5.91 Å². The lowest BCUT2D eigenvalue weighted by Crippen LogP contribution is -2.60. The molecule has 474 valence electrons. The van der Waals surface area contributed by atoms with E-state index in [0.29, 0.717) is 12.8 Å². The van der Waals surface area contributed by atoms with Gasteiger partial charge in [0, 0.05) is 6.42 Å². The predicted octanol–water partition coefficient (Wildman–Crippen LogP) is 18.7. The van der Waals surface area contributed by atoms with Crippen LogP contribution < -0.4 is 5.32 Å². The Kier molecular flexibility index (Phi) is 57.6. The van der Waals surface area contributed by atoms with Crippen molar-refractivity contribution in [1.82, 2.24) is 5.32 Å². The molecule has 82 heavy (non-hydrogen) atoms. The lowest BCUT2D eigenvalue weighted by Gasteiger charge is -2.40. The minimum Gasteiger partial charge on any atom is -0.394 e. The van der Waals surface area contributed by atoms with E-state index in [9.17, 15) is 30.3 Å². The van der Waals surface area contributed by atoms with Gasteiger partial charge in [-0.2, -0.15) is 0 Å². The number of ether oxygens (including phenoxy) is 2. The van der Waals surface area contributed by atoms with E-state index >= 15 is 0 Å². The number of carbonyl (C=O) groups is 1. The van der Waals surface area contributed by atoms with Crippen LogP contribution in [0.5, 0.6) is 0 Å². The fourth-order valence-corrected chi connectivity index (χ4v) is 10.6. The zero-order valence-electron chi connectivity index (χ0n) is 53.0. The summed E-state index contributed by atoms with van der Waals surface area (Å²) in [7, 11) is 0. The van der Waals surface area contributed by atoms with Crippen LogP contribution in [0.1, 0.15) is 303 Å². The van der Waals surface area contributed by atoms with Crippen molar-refractivity contribution in [3.63, 3.8) is 0 Å². The molecule has 0 bridgehead atoms. The summed E-state index contributed by atoms with van der Waals surface area (Å²) in [5.41, 5.74) is 0. The maximum absolute atomic E-state index is 13.1. The van der Waals surface area contributed by atoms with Crippen LogP contribution >= 0.6 is 0 Å². The minimum absolute atomic E-state index is 0.154. The number of allylic oxidation sites excluding steroid dienone is 16. The van der Waals surface area contributed by atoms with E-state index < -0.39 is 49.5 Å². The SMILES string of the molecule is CC/C=C\C/C=C\C/C=C\C/C=C\C/C=C\C/C=C\C/C=C\C/C=C\CCCCCCC(=O)NC(COC1OC(CO)C(O)C(O)C1O)C(O)CCCCCCCCCCCCCCCCCCCCCCCCCCCCCCCC. The number of unbranched alkanes of at least 4 members (excludes halogenated alkanes) is 33. The molecule has 0 aromatic carbocycles. The Morgan fingerprint density at radius 1 is 0.427 bits per heavy atom. The van der Waals surface area contributed by atoms with E-state index in [1.807, 2.05) is 0 Å². The van der Waals surface area contributed by atoms with Gasteiger partial charge >= 0.3 is 0 Å². The molecule has 1 saturated heterocycles. The van der Waals surface area contributed by atoms with Gasteiger partial charge in [-0.3, -0.25) is 4.79 Å². The molecule has 9 nitrogen and oxygen atoms in total. The molecule has 1 rings (SSSR count). The van der Waals surface area contributed by atoms with Crippen molar-refractivity contribution in [3.05, 3.63) is 97.2 Å². The van der Waals surface area contributed by atoms with Crippen LogP contribution in [0.2, 0.25) is 0 Å². The Bertz CT molecular complexity index is 1620. The van der Waals surface area contributed by atoms with E-state index in [1.165, 1.54) is 173 Å². The number of hydrogen-bond acceptors (Lipinski definition) is 8. The smallest absolute Gasteiger partial charge is 0.220 e. The fourth-order valence-electron chi connectivity index (χ4n) is 10.6. The van der Waals surface area contributed by atoms with Gasteiger partial charge in [-0.15, -0.1) is 0 Å². The largest absolute Gasteiger partial charge is 0.394 e. The lowest BCUT2D eigenvalue weighted by atomic mass is 9.99. The molecule has 0 aromatic heterocycles. The van der Waals surface area contributed by atoms with Gasteiger partial charge in [0.15, 0.2) is 6.29 Å². The summed E-state index contributed by atoms with van der Waals surface area (Å²) >= 11 is 0. The predicted molar refractivity (Wildman–Crippen MR) is 350 cm³/mol. The highest BCUT2D eigenvalue weighted by molar-refractivity contribution is 5.76. The van der Waals surface area contributed by atoms with Crippen LogP contribution in [0, 0.1) is 0 Å². The van der Waals surface area contributed by atoms with Crippen LogP contribution in [0.25, 0.3) is 0 Å². The Balaban J connectivity index is 2.17. The number of aliphatic hydroxyl groups is 5. The molecule has 0 aliphatic carbocycles. The standard InChI is InChI=1S/C73H129NO8/c1-3-5-7-9-11-13-15-17-19-21-23-25-27-29-31-33-35-36-38-40-42-44-46-48-50-52-54-56-58-60-62-67(76)66(65-81-73-72(80)71(79)70(78)68(64-75)82-73)74-69(77)63-61-59-57-55-53-51-49-47-45-43-41-39-37-34-32-30-28-26-24-22-20-18-16-14-12-10-8-6-4-2/h6,8,12,14,18,20,24,26,30,32,37,39,43,45,49,51,66-68,70-73,75-76,78-80H,3-5,7,9-11,13,15-17,19,21-23,25,27-29,31,33-36,38,40-42,44,46-48,50,52-65H2,1-2H3,(H,74,77)/b8-6-,14-12-,20-18-,26-24-,32-30-,39-37-,45-43-,51-49-. The second kappa shape index (κ2) is 61.2. The van der Waals surface area contributed by atoms with Gasteiger partial charge < -0.3 is 40.3 Å². The molecule has 0 spiro atoms. The number of amides is 1. The summed E-state index contributed by atoms with van der Waals surface area (Å²) < 4.78 is 11.4. The first-order chi connectivity index (χ1) is 40.3. The molecule has 6 N–H and O–H groups in total. The zero-order chi connectivity index (χ0) is 59.3. The van der Waals surface area contributed by atoms with Gasteiger partial charge in [0.2, 0.25) is 5.91 Å². The van der Waals surface area contributed by atoms with E-state index in [1.54, 1.807) is 0 Å². The average molecular weight is 1150 g/mol. The average Bonchev–Trinajstić information content (AvgIpc) is 3.57. The van der Waals surface area contributed by atoms with Gasteiger partial charge in [0.05, 0.1) is 25.4 Å². The van der Waals surface area contributed by atoms with Gasteiger partial charge in [-0.25, -0.2) is 0 Å². The quantitative estimate of drug-likeness (QED) is 0.0261. The lowest BCUT2D eigenvalue weighted by molar-refractivity contribution is -0.302. The molecular weight excluding hydrogens is 1020 g/mol. The number of rotatable bonds is 59. The monoisotopic (exact) mass is 1150 g/mol. The van der Waals surface area contributed by atoms with Crippen LogP contribution in [0.4, 0.5) is 0 Å². The van der Waals surface area contributed by atoms with Crippen molar-refractivity contribution in [2.45, 2.75) is 346 Å². The molecule has 0 aromatic rings. The zero-order valence-corrected chi connectivity index (χ0v) is 53.0. The van der Waals surface area contributed by atoms with Gasteiger partial charge in [-0.05, 0) is 77.0 Å². The Morgan fingerprint density at radius 3 is 1.12 bits per heavy atom. The summed E-state index contributed by atoms with van der Waals surface area (Å²) in [4.78, 5) is 13.1. The third kappa shape index (κ3) is 49.4. The van der Waals surface area contributed by atoms with Crippen molar-refractivity contribution in [1.29, 1.82) is 0 Å². The third-order valence-corrected chi connectivity index (χ3v) is 16.0. The fraction of sp³-hybridized carbons (Fsp3) is 0.767. The maximum Gasteiger partial charge on any atom is 0.220 e. The Hall–Kier alpha value is -2.89. The maximum atomic E-state index is 13.1. The summed E-state index contributed by atoms with van der Waals surface area (Å²) in [5.74, 6) is -0.169. The number of carbonyl (C=O) groups excluding carboxylic acids is 1. The van der Waals surface area contributed by atoms with Crippen molar-refractivity contribution in [3.8, 4) is 0 Å². The minimum atomic E-state index is -1.57. The highest BCUT2D eigenvalue weighted by atomic mass is 16.7. The summed E-state index contributed by atoms with van der Waals surface area (Å²) in [5, 5.41) is 54.9. The van der Waals surface area contributed by atoms with E-state index in [4.69, 9.17) is 9.47 Å². The molecule has 0 saturated carbocycles. The normalized spacial score (nSPS) is 18.9. The summed E-state index contributed by atoms with van der Waals surface area (Å²) in [6, 6.07) is -0.742. The number of aliphatic hydroxyl groups excluding tert-OH is 5. The molecule has 0 radical (unpaired) electrons. The first-order valence-electron chi connectivity index (χ1n) is 34.4.